The van der Waals surface area contributed by atoms with Gasteiger partial charge in [0.2, 0.25) is 0 Å². The van der Waals surface area contributed by atoms with E-state index in [9.17, 15) is 9.18 Å². The summed E-state index contributed by atoms with van der Waals surface area (Å²) in [6.07, 6.45) is 3.59. The summed E-state index contributed by atoms with van der Waals surface area (Å²) in [7, 11) is 0. The van der Waals surface area contributed by atoms with Crippen molar-refractivity contribution in [3.8, 4) is 0 Å². The Kier molecular flexibility index (Phi) is 4.71. The molecule has 3 rings (SSSR count). The normalized spacial score (nSPS) is 20.0. The highest BCUT2D eigenvalue weighted by Crippen LogP contribution is 2.43. The van der Waals surface area contributed by atoms with Crippen LogP contribution < -0.4 is 11.1 Å². The number of amidine groups is 1. The Hall–Kier alpha value is -2.48. The predicted octanol–water partition coefficient (Wildman–Crippen LogP) is 2.84. The van der Waals surface area contributed by atoms with E-state index in [1.54, 1.807) is 13.0 Å². The monoisotopic (exact) mass is 359 g/mol. The Morgan fingerprint density at radius 1 is 1.36 bits per heavy atom. The number of thioether (sulfide) groups is 1. The van der Waals surface area contributed by atoms with Crippen LogP contribution in [0.5, 0.6) is 0 Å². The fraction of sp³-hybridized carbons (Fsp3) is 0.294. The van der Waals surface area contributed by atoms with E-state index in [0.29, 0.717) is 29.4 Å². The lowest BCUT2D eigenvalue weighted by atomic mass is 9.95. The molecule has 0 unspecified atom stereocenters. The Morgan fingerprint density at radius 3 is 2.84 bits per heavy atom. The summed E-state index contributed by atoms with van der Waals surface area (Å²) in [6, 6.07) is 4.51. The van der Waals surface area contributed by atoms with Crippen molar-refractivity contribution in [3.05, 3.63) is 53.4 Å². The van der Waals surface area contributed by atoms with Gasteiger partial charge in [-0.3, -0.25) is 14.8 Å². The maximum Gasteiger partial charge on any atom is 0.275 e. The van der Waals surface area contributed by atoms with Gasteiger partial charge in [-0.25, -0.2) is 9.37 Å². The van der Waals surface area contributed by atoms with Crippen molar-refractivity contribution in [2.45, 2.75) is 25.0 Å². The average Bonchev–Trinajstić information content (AvgIpc) is 2.57. The minimum absolute atomic E-state index is 0.200. The number of nitrogens with one attached hydrogen (secondary N) is 1. The number of nitrogens with zero attached hydrogens (tertiary/aromatic N) is 3. The second-order valence-corrected chi connectivity index (χ2v) is 7.52. The second-order valence-electron chi connectivity index (χ2n) is 5.99. The summed E-state index contributed by atoms with van der Waals surface area (Å²) in [6.45, 7) is 4.26. The van der Waals surface area contributed by atoms with Gasteiger partial charge in [0.15, 0.2) is 5.17 Å². The van der Waals surface area contributed by atoms with Crippen LogP contribution in [-0.2, 0) is 4.75 Å². The molecule has 6 nitrogen and oxygen atoms in total. The maximum absolute atomic E-state index is 14.4. The number of carbonyl (C=O) groups excluding carboxylic acids is 1. The first-order valence-electron chi connectivity index (χ1n) is 7.76. The van der Waals surface area contributed by atoms with Crippen LogP contribution in [0.1, 0.15) is 35.1 Å². The molecule has 0 bridgehead atoms. The lowest BCUT2D eigenvalue weighted by Crippen LogP contribution is -2.29. The van der Waals surface area contributed by atoms with Crippen LogP contribution in [0.3, 0.4) is 0 Å². The molecule has 3 N–H and O–H groups in total. The number of aliphatic imine (C=N–C) groups is 1. The van der Waals surface area contributed by atoms with E-state index >= 15 is 0 Å². The first kappa shape index (κ1) is 17.3. The lowest BCUT2D eigenvalue weighted by molar-refractivity contribution is 0.102. The van der Waals surface area contributed by atoms with Gasteiger partial charge in [0.1, 0.15) is 11.5 Å². The highest BCUT2D eigenvalue weighted by molar-refractivity contribution is 8.14. The molecule has 1 aromatic heterocycles. The molecule has 0 spiro atoms. The number of anilines is 1. The van der Waals surface area contributed by atoms with Crippen molar-refractivity contribution in [2.24, 2.45) is 10.7 Å². The van der Waals surface area contributed by atoms with Gasteiger partial charge in [0.05, 0.1) is 16.6 Å². The number of nitrogens with two attached hydrogens (primary N) is 1. The average molecular weight is 359 g/mol. The molecule has 0 saturated carbocycles. The van der Waals surface area contributed by atoms with Gasteiger partial charge < -0.3 is 11.1 Å². The van der Waals surface area contributed by atoms with Gasteiger partial charge in [-0.2, -0.15) is 0 Å². The van der Waals surface area contributed by atoms with Gasteiger partial charge in [-0.15, -0.1) is 0 Å². The minimum atomic E-state index is -0.527. The van der Waals surface area contributed by atoms with Gasteiger partial charge in [0, 0.05) is 24.0 Å². The fourth-order valence-electron chi connectivity index (χ4n) is 2.60. The van der Waals surface area contributed by atoms with Crippen molar-refractivity contribution in [3.63, 3.8) is 0 Å². The first-order chi connectivity index (χ1) is 11.9. The lowest BCUT2D eigenvalue weighted by Gasteiger charge is -2.32. The molecular weight excluding hydrogens is 341 g/mol. The second kappa shape index (κ2) is 6.79. The molecule has 1 aromatic carbocycles. The van der Waals surface area contributed by atoms with Crippen molar-refractivity contribution < 1.29 is 9.18 Å². The molecule has 1 aliphatic heterocycles. The summed E-state index contributed by atoms with van der Waals surface area (Å²) < 4.78 is 13.9. The zero-order valence-electron chi connectivity index (χ0n) is 13.9. The minimum Gasteiger partial charge on any atom is -0.379 e. The van der Waals surface area contributed by atoms with Crippen molar-refractivity contribution in [2.75, 3.05) is 11.9 Å². The molecule has 1 aliphatic rings. The van der Waals surface area contributed by atoms with E-state index in [0.717, 1.165) is 5.69 Å². The summed E-state index contributed by atoms with van der Waals surface area (Å²) in [5, 5.41) is 3.18. The van der Waals surface area contributed by atoms with Crippen LogP contribution in [0.2, 0.25) is 0 Å². The molecule has 2 heterocycles. The van der Waals surface area contributed by atoms with Crippen molar-refractivity contribution >= 4 is 28.5 Å². The molecule has 130 valence electrons. The smallest absolute Gasteiger partial charge is 0.275 e. The van der Waals surface area contributed by atoms with Crippen LogP contribution in [0.15, 0.2) is 35.6 Å². The number of rotatable bonds is 3. The molecular formula is C17H18FN5OS. The standard InChI is InChI=1S/C17H18FN5OS/c1-10-8-22-14(9-21-10)15(24)23-11-3-4-13(18)12(7-11)17(2)5-6-20-16(19)25-17/h3-4,7-9H,5-6H2,1-2H3,(H2,19,20)(H,23,24)/t17-/m0/s1. The largest absolute Gasteiger partial charge is 0.379 e. The van der Waals surface area contributed by atoms with E-state index in [-0.39, 0.29) is 11.5 Å². The number of halogens is 1. The molecule has 0 saturated heterocycles. The maximum atomic E-state index is 14.4. The highest BCUT2D eigenvalue weighted by Gasteiger charge is 2.34. The molecule has 0 aliphatic carbocycles. The van der Waals surface area contributed by atoms with Crippen LogP contribution in [-0.4, -0.2) is 27.6 Å². The zero-order valence-corrected chi connectivity index (χ0v) is 14.7. The fourth-order valence-corrected chi connectivity index (χ4v) is 3.67. The summed E-state index contributed by atoms with van der Waals surface area (Å²) in [4.78, 5) is 24.5. The highest BCUT2D eigenvalue weighted by atomic mass is 32.2. The molecule has 25 heavy (non-hydrogen) atoms. The Bertz CT molecular complexity index is 839. The number of hydrogen-bond donors (Lipinski definition) is 2. The number of aromatic nitrogens is 2. The van der Waals surface area contributed by atoms with Crippen LogP contribution in [0.25, 0.3) is 0 Å². The van der Waals surface area contributed by atoms with Crippen molar-refractivity contribution in [1.29, 1.82) is 0 Å². The third kappa shape index (κ3) is 3.79. The van der Waals surface area contributed by atoms with Gasteiger partial charge >= 0.3 is 0 Å². The summed E-state index contributed by atoms with van der Waals surface area (Å²) >= 11 is 1.33. The van der Waals surface area contributed by atoms with E-state index in [4.69, 9.17) is 5.73 Å². The number of carbonyl (C=O) groups is 1. The molecule has 1 atom stereocenters. The number of aryl methyl sites for hydroxylation is 1. The zero-order chi connectivity index (χ0) is 18.0. The third-order valence-electron chi connectivity index (χ3n) is 3.99. The predicted molar refractivity (Wildman–Crippen MR) is 97.2 cm³/mol. The van der Waals surface area contributed by atoms with Gasteiger partial charge in [-0.1, -0.05) is 11.8 Å². The summed E-state index contributed by atoms with van der Waals surface area (Å²) in [5.74, 6) is -0.731. The summed E-state index contributed by atoms with van der Waals surface area (Å²) in [5.41, 5.74) is 7.72. The number of benzene rings is 1. The Labute approximate surface area is 149 Å². The molecule has 8 heteroatoms. The van der Waals surface area contributed by atoms with Gasteiger partial charge in [0.25, 0.3) is 5.91 Å². The van der Waals surface area contributed by atoms with E-state index < -0.39 is 10.7 Å². The molecule has 1 amide bonds. The molecule has 0 fully saturated rings. The third-order valence-corrected chi connectivity index (χ3v) is 5.21. The number of amides is 1. The SMILES string of the molecule is Cc1cnc(C(=O)Nc2ccc(F)c([C@]3(C)CCN=C(N)S3)c2)cn1. The van der Waals surface area contributed by atoms with Gasteiger partial charge in [-0.05, 0) is 38.5 Å². The van der Waals surface area contributed by atoms with E-state index in [1.165, 1.54) is 36.3 Å². The van der Waals surface area contributed by atoms with Crippen LogP contribution in [0, 0.1) is 12.7 Å². The van der Waals surface area contributed by atoms with E-state index in [1.807, 2.05) is 6.92 Å². The quantitative estimate of drug-likeness (QED) is 0.879. The van der Waals surface area contributed by atoms with Crippen LogP contribution >= 0.6 is 11.8 Å². The van der Waals surface area contributed by atoms with Crippen molar-refractivity contribution in [1.82, 2.24) is 9.97 Å². The molecule has 2 aromatic rings. The topological polar surface area (TPSA) is 93.3 Å². The van der Waals surface area contributed by atoms with Crippen LogP contribution in [0.4, 0.5) is 10.1 Å². The number of hydrogen-bond acceptors (Lipinski definition) is 6. The van der Waals surface area contributed by atoms with E-state index in [2.05, 4.69) is 20.3 Å². The Morgan fingerprint density at radius 2 is 2.16 bits per heavy atom. The molecule has 0 radical (unpaired) electrons. The first-order valence-corrected chi connectivity index (χ1v) is 8.58. The Balaban J connectivity index is 1.85.